The van der Waals surface area contributed by atoms with E-state index in [4.69, 9.17) is 14.1 Å². The van der Waals surface area contributed by atoms with Crippen molar-refractivity contribution in [1.82, 2.24) is 9.55 Å². The van der Waals surface area contributed by atoms with Gasteiger partial charge >= 0.3 is 5.97 Å². The first-order chi connectivity index (χ1) is 16.2. The second-order valence-corrected chi connectivity index (χ2v) is 10.8. The molecule has 0 amide bonds. The van der Waals surface area contributed by atoms with Crippen LogP contribution in [0.5, 0.6) is 0 Å². The van der Waals surface area contributed by atoms with Gasteiger partial charge in [0.1, 0.15) is 22.8 Å². The highest BCUT2D eigenvalue weighted by Crippen LogP contribution is 2.40. The molecule has 0 aliphatic heterocycles. The lowest BCUT2D eigenvalue weighted by Crippen LogP contribution is -2.24. The van der Waals surface area contributed by atoms with Crippen molar-refractivity contribution in [3.63, 3.8) is 0 Å². The quantitative estimate of drug-likeness (QED) is 0.247. The molecule has 2 aromatic heterocycles. The summed E-state index contributed by atoms with van der Waals surface area (Å²) in [5, 5.41) is 0.988. The van der Waals surface area contributed by atoms with Gasteiger partial charge in [-0.3, -0.25) is 0 Å². The van der Waals surface area contributed by atoms with Crippen LogP contribution >= 0.6 is 15.9 Å². The number of nitrogens with zero attached hydrogens (tertiary/aromatic N) is 2. The van der Waals surface area contributed by atoms with Gasteiger partial charge in [-0.25, -0.2) is 9.78 Å². The van der Waals surface area contributed by atoms with Crippen LogP contribution in [0, 0.1) is 0 Å². The number of ether oxygens (including phenoxy) is 1. The molecule has 0 N–H and O–H groups in total. The fraction of sp³-hybridized carbons (Fsp3) is 0.357. The highest BCUT2D eigenvalue weighted by molar-refractivity contribution is 9.10. The molecule has 1 aliphatic carbocycles. The van der Waals surface area contributed by atoms with Crippen LogP contribution in [0.3, 0.4) is 0 Å². The number of fused-ring (bicyclic) bond motifs is 1. The maximum Gasteiger partial charge on any atom is 0.339 e. The van der Waals surface area contributed by atoms with Gasteiger partial charge in [0, 0.05) is 40.5 Å². The van der Waals surface area contributed by atoms with Crippen molar-refractivity contribution in [2.45, 2.75) is 65.0 Å². The predicted octanol–water partition coefficient (Wildman–Crippen LogP) is 7.50. The van der Waals surface area contributed by atoms with Gasteiger partial charge in [0.05, 0.1) is 11.3 Å². The molecule has 0 spiro atoms. The van der Waals surface area contributed by atoms with Crippen molar-refractivity contribution in [3.05, 3.63) is 75.8 Å². The third-order valence-corrected chi connectivity index (χ3v) is 6.61. The van der Waals surface area contributed by atoms with Crippen LogP contribution in [0.15, 0.2) is 57.6 Å². The number of halogens is 1. The fourth-order valence-electron chi connectivity index (χ4n) is 4.27. The number of esters is 1. The molecule has 1 aliphatic rings. The Bertz CT molecular complexity index is 1340. The number of aromatic nitrogens is 2. The van der Waals surface area contributed by atoms with E-state index in [-0.39, 0.29) is 5.97 Å². The maximum absolute atomic E-state index is 13.3. The number of imidazole rings is 1. The number of carbonyl (C=O) groups excluding carboxylic acids is 1. The van der Waals surface area contributed by atoms with E-state index in [2.05, 4.69) is 39.7 Å². The van der Waals surface area contributed by atoms with Gasteiger partial charge < -0.3 is 13.7 Å². The second kappa shape index (κ2) is 8.73. The number of hydrogen-bond donors (Lipinski definition) is 0. The maximum atomic E-state index is 13.3. The summed E-state index contributed by atoms with van der Waals surface area (Å²) in [4.78, 5) is 18.2. The van der Waals surface area contributed by atoms with Gasteiger partial charge in [-0.05, 0) is 79.4 Å². The van der Waals surface area contributed by atoms with Crippen molar-refractivity contribution in [2.75, 3.05) is 0 Å². The molecule has 176 valence electrons. The summed E-state index contributed by atoms with van der Waals surface area (Å²) in [7, 11) is 0. The van der Waals surface area contributed by atoms with E-state index in [1.165, 1.54) is 18.5 Å². The molecule has 1 saturated carbocycles. The Morgan fingerprint density at radius 3 is 2.65 bits per heavy atom. The van der Waals surface area contributed by atoms with E-state index in [1.807, 2.05) is 57.2 Å². The molecule has 5 nitrogen and oxygen atoms in total. The second-order valence-electron chi connectivity index (χ2n) is 9.99. The molecule has 0 atom stereocenters. The monoisotopic (exact) mass is 520 g/mol. The van der Waals surface area contributed by atoms with Crippen molar-refractivity contribution >= 4 is 32.9 Å². The van der Waals surface area contributed by atoms with Crippen LogP contribution in [0.2, 0.25) is 0 Å². The summed E-state index contributed by atoms with van der Waals surface area (Å²) in [6.45, 7) is 8.40. The molecular formula is C28H29BrN2O3. The number of rotatable bonds is 6. The Morgan fingerprint density at radius 2 is 1.97 bits per heavy atom. The Labute approximate surface area is 208 Å². The van der Waals surface area contributed by atoms with E-state index in [9.17, 15) is 4.79 Å². The van der Waals surface area contributed by atoms with Crippen molar-refractivity contribution in [2.24, 2.45) is 0 Å². The summed E-state index contributed by atoms with van der Waals surface area (Å²) in [5.74, 6) is 1.93. The topological polar surface area (TPSA) is 57.3 Å². The van der Waals surface area contributed by atoms with Crippen molar-refractivity contribution in [3.8, 4) is 11.3 Å². The summed E-state index contributed by atoms with van der Waals surface area (Å²) < 4.78 is 14.9. The summed E-state index contributed by atoms with van der Waals surface area (Å²) >= 11 is 3.73. The van der Waals surface area contributed by atoms with Gasteiger partial charge in [-0.1, -0.05) is 25.1 Å². The lowest BCUT2D eigenvalue weighted by molar-refractivity contribution is 0.00700. The smallest absolute Gasteiger partial charge is 0.339 e. The molecule has 34 heavy (non-hydrogen) atoms. The summed E-state index contributed by atoms with van der Waals surface area (Å²) in [5.41, 5.74) is 3.54. The number of aryl methyl sites for hydroxylation is 1. The average Bonchev–Trinajstić information content (AvgIpc) is 3.40. The lowest BCUT2D eigenvalue weighted by Gasteiger charge is -2.21. The molecule has 6 heteroatoms. The van der Waals surface area contributed by atoms with Crippen LogP contribution < -0.4 is 0 Å². The van der Waals surface area contributed by atoms with Crippen molar-refractivity contribution < 1.29 is 13.9 Å². The highest BCUT2D eigenvalue weighted by atomic mass is 79.9. The molecule has 0 saturated heterocycles. The Kier molecular flexibility index (Phi) is 5.88. The minimum absolute atomic E-state index is 0.370. The molecule has 5 rings (SSSR count). The van der Waals surface area contributed by atoms with Crippen molar-refractivity contribution in [1.29, 1.82) is 0 Å². The van der Waals surface area contributed by atoms with E-state index in [1.54, 1.807) is 0 Å². The number of hydrogen-bond acceptors (Lipinski definition) is 4. The standard InChI is InChI=1S/C28H29BrN2O3/c1-5-25-30-22(18-10-11-18)16-31(25)15-17-12-20(27(32)34-28(2,3)4)26(21(29)13-17)24-14-19-8-6-7-9-23(19)33-24/h6-9,12-14,16,18H,5,10-11,15H2,1-4H3. The molecule has 0 unspecified atom stereocenters. The minimum Gasteiger partial charge on any atom is -0.456 e. The molecule has 2 heterocycles. The number of benzene rings is 2. The SMILES string of the molecule is CCc1nc(C2CC2)cn1Cc1cc(Br)c(-c2cc3ccccc3o2)c(C(=O)OC(C)(C)C)c1. The molecular weight excluding hydrogens is 492 g/mol. The van der Waals surface area contributed by atoms with Crippen LogP contribution in [0.25, 0.3) is 22.3 Å². The third-order valence-electron chi connectivity index (χ3n) is 5.98. The van der Waals surface area contributed by atoms with Crippen LogP contribution in [0.4, 0.5) is 0 Å². The van der Waals surface area contributed by atoms with E-state index < -0.39 is 5.60 Å². The van der Waals surface area contributed by atoms with Crippen LogP contribution in [-0.2, 0) is 17.7 Å². The van der Waals surface area contributed by atoms with Gasteiger partial charge in [0.25, 0.3) is 0 Å². The number of furan rings is 1. The van der Waals surface area contributed by atoms with Gasteiger partial charge in [0.2, 0.25) is 0 Å². The molecule has 1 fully saturated rings. The van der Waals surface area contributed by atoms with Crippen LogP contribution in [0.1, 0.15) is 73.9 Å². The number of carbonyl (C=O) groups is 1. The Hall–Kier alpha value is -2.86. The summed E-state index contributed by atoms with van der Waals surface area (Å²) in [6.07, 6.45) is 5.48. The highest BCUT2D eigenvalue weighted by Gasteiger charge is 2.28. The largest absolute Gasteiger partial charge is 0.456 e. The molecule has 0 radical (unpaired) electrons. The Balaban J connectivity index is 1.59. The van der Waals surface area contributed by atoms with Crippen LogP contribution in [-0.4, -0.2) is 21.1 Å². The Morgan fingerprint density at radius 1 is 1.21 bits per heavy atom. The fourth-order valence-corrected chi connectivity index (χ4v) is 4.97. The van der Waals surface area contributed by atoms with E-state index in [0.29, 0.717) is 29.3 Å². The van der Waals surface area contributed by atoms with E-state index in [0.717, 1.165) is 33.3 Å². The first-order valence-electron chi connectivity index (χ1n) is 11.8. The zero-order valence-corrected chi connectivity index (χ0v) is 21.6. The first kappa shape index (κ1) is 22.9. The normalized spacial score (nSPS) is 14.0. The van der Waals surface area contributed by atoms with Gasteiger partial charge in [-0.2, -0.15) is 0 Å². The van der Waals surface area contributed by atoms with Gasteiger partial charge in [-0.15, -0.1) is 0 Å². The zero-order chi connectivity index (χ0) is 24.0. The molecule has 0 bridgehead atoms. The molecule has 4 aromatic rings. The number of para-hydroxylation sites is 1. The lowest BCUT2D eigenvalue weighted by atomic mass is 10.0. The predicted molar refractivity (Wildman–Crippen MR) is 137 cm³/mol. The average molecular weight is 521 g/mol. The third kappa shape index (κ3) is 4.69. The molecule has 2 aromatic carbocycles. The zero-order valence-electron chi connectivity index (χ0n) is 20.0. The first-order valence-corrected chi connectivity index (χ1v) is 12.6. The summed E-state index contributed by atoms with van der Waals surface area (Å²) in [6, 6.07) is 13.8. The van der Waals surface area contributed by atoms with E-state index >= 15 is 0 Å². The minimum atomic E-state index is -0.608. The van der Waals surface area contributed by atoms with Gasteiger partial charge in [0.15, 0.2) is 0 Å².